The Labute approximate surface area is 197 Å². The van der Waals surface area contributed by atoms with Gasteiger partial charge < -0.3 is 15.0 Å². The Bertz CT molecular complexity index is 1190. The molecule has 0 aliphatic carbocycles. The van der Waals surface area contributed by atoms with E-state index in [0.29, 0.717) is 35.5 Å². The molecule has 0 amide bonds. The maximum atomic E-state index is 15.0. The van der Waals surface area contributed by atoms with Crippen LogP contribution in [-0.2, 0) is 5.92 Å². The molecule has 0 spiro atoms. The lowest BCUT2D eigenvalue weighted by Gasteiger charge is -2.29. The van der Waals surface area contributed by atoms with Crippen LogP contribution in [0.3, 0.4) is 0 Å². The molecule has 1 aliphatic rings. The number of halogens is 3. The third-order valence-corrected chi connectivity index (χ3v) is 6.46. The van der Waals surface area contributed by atoms with E-state index < -0.39 is 23.3 Å². The zero-order valence-corrected chi connectivity index (χ0v) is 20.1. The van der Waals surface area contributed by atoms with Crippen LogP contribution in [0.15, 0.2) is 24.3 Å². The van der Waals surface area contributed by atoms with Crippen LogP contribution in [0.25, 0.3) is 11.0 Å². The number of anilines is 1. The van der Waals surface area contributed by atoms with Crippen molar-refractivity contribution in [2.45, 2.75) is 51.5 Å². The van der Waals surface area contributed by atoms with E-state index in [1.807, 2.05) is 6.07 Å². The van der Waals surface area contributed by atoms with E-state index in [-0.39, 0.29) is 11.5 Å². The largest absolute Gasteiger partial charge is 0.481 e. The second kappa shape index (κ2) is 9.37. The molecule has 6 nitrogen and oxygen atoms in total. The maximum absolute atomic E-state index is 15.0. The highest BCUT2D eigenvalue weighted by Crippen LogP contribution is 2.37. The van der Waals surface area contributed by atoms with Crippen LogP contribution in [0.1, 0.15) is 61.2 Å². The minimum absolute atomic E-state index is 0.139. The Morgan fingerprint density at radius 3 is 2.53 bits per heavy atom. The molecule has 3 heterocycles. The summed E-state index contributed by atoms with van der Waals surface area (Å²) in [7, 11) is 3.70. The fourth-order valence-corrected chi connectivity index (χ4v) is 4.55. The number of pyridine rings is 1. The maximum Gasteiger partial charge on any atom is 0.273 e. The van der Waals surface area contributed by atoms with Crippen molar-refractivity contribution in [3.05, 3.63) is 52.6 Å². The van der Waals surface area contributed by atoms with Crippen LogP contribution in [0.2, 0.25) is 0 Å². The van der Waals surface area contributed by atoms with Crippen molar-refractivity contribution >= 4 is 16.9 Å². The number of alkyl halides is 2. The zero-order valence-electron chi connectivity index (χ0n) is 20.1. The molecule has 9 heteroatoms. The third kappa shape index (κ3) is 4.80. The van der Waals surface area contributed by atoms with Gasteiger partial charge in [0.25, 0.3) is 5.92 Å². The van der Waals surface area contributed by atoms with Crippen LogP contribution in [0.5, 0.6) is 5.88 Å². The molecule has 0 bridgehead atoms. The summed E-state index contributed by atoms with van der Waals surface area (Å²) in [5.74, 6) is -2.40. The second-order valence-corrected chi connectivity index (χ2v) is 9.12. The van der Waals surface area contributed by atoms with E-state index in [2.05, 4.69) is 32.2 Å². The van der Waals surface area contributed by atoms with Gasteiger partial charge in [-0.05, 0) is 58.8 Å². The summed E-state index contributed by atoms with van der Waals surface area (Å²) in [6, 6.07) is 5.44. The van der Waals surface area contributed by atoms with E-state index in [1.165, 1.54) is 12.1 Å². The van der Waals surface area contributed by atoms with Gasteiger partial charge in [0.05, 0.1) is 24.1 Å². The van der Waals surface area contributed by atoms with Crippen molar-refractivity contribution in [3.8, 4) is 5.88 Å². The fourth-order valence-electron chi connectivity index (χ4n) is 4.55. The molecular formula is C25H30F3N5O. The number of methoxy groups -OCH3 is 1. The van der Waals surface area contributed by atoms with Gasteiger partial charge in [0, 0.05) is 18.1 Å². The molecule has 34 heavy (non-hydrogen) atoms. The number of nitrogens with one attached hydrogen (secondary N) is 1. The second-order valence-electron chi connectivity index (χ2n) is 9.12. The average molecular weight is 474 g/mol. The lowest BCUT2D eigenvalue weighted by molar-refractivity contribution is 0.0136. The molecule has 1 saturated heterocycles. The van der Waals surface area contributed by atoms with Gasteiger partial charge in [-0.3, -0.25) is 0 Å². The number of nitrogens with zero attached hydrogens (tertiary/aromatic N) is 4. The predicted molar refractivity (Wildman–Crippen MR) is 126 cm³/mol. The first-order chi connectivity index (χ1) is 16.1. The number of hydrogen-bond acceptors (Lipinski definition) is 6. The van der Waals surface area contributed by atoms with Gasteiger partial charge in [-0.25, -0.2) is 23.1 Å². The number of piperidine rings is 1. The van der Waals surface area contributed by atoms with E-state index in [1.54, 1.807) is 21.0 Å². The summed E-state index contributed by atoms with van der Waals surface area (Å²) in [6.07, 6.45) is 1.96. The quantitative estimate of drug-likeness (QED) is 0.505. The van der Waals surface area contributed by atoms with E-state index in [9.17, 15) is 13.2 Å². The zero-order chi connectivity index (χ0) is 24.6. The molecule has 1 N–H and O–H groups in total. The van der Waals surface area contributed by atoms with E-state index >= 15 is 0 Å². The molecule has 1 fully saturated rings. The smallest absolute Gasteiger partial charge is 0.273 e. The Morgan fingerprint density at radius 2 is 1.88 bits per heavy atom. The van der Waals surface area contributed by atoms with Gasteiger partial charge in [0.15, 0.2) is 5.65 Å². The van der Waals surface area contributed by atoms with Gasteiger partial charge in [0.1, 0.15) is 17.5 Å². The van der Waals surface area contributed by atoms with Gasteiger partial charge in [-0.1, -0.05) is 18.2 Å². The van der Waals surface area contributed by atoms with Crippen molar-refractivity contribution in [1.29, 1.82) is 0 Å². The summed E-state index contributed by atoms with van der Waals surface area (Å²) in [6.45, 7) is 6.12. The number of likely N-dealkylation sites (tertiary alicyclic amines) is 1. The molecule has 3 aromatic rings. The van der Waals surface area contributed by atoms with Crippen molar-refractivity contribution < 1.29 is 17.9 Å². The van der Waals surface area contributed by atoms with Crippen LogP contribution < -0.4 is 10.1 Å². The minimum atomic E-state index is -3.28. The van der Waals surface area contributed by atoms with Crippen molar-refractivity contribution in [2.24, 2.45) is 0 Å². The molecule has 2 aromatic heterocycles. The number of aromatic nitrogens is 3. The van der Waals surface area contributed by atoms with Gasteiger partial charge in [-0.2, -0.15) is 4.98 Å². The Balaban J connectivity index is 1.75. The topological polar surface area (TPSA) is 63.2 Å². The van der Waals surface area contributed by atoms with Gasteiger partial charge in [0.2, 0.25) is 5.88 Å². The number of aryl methyl sites for hydroxylation is 1. The summed E-state index contributed by atoms with van der Waals surface area (Å²) in [5, 5.41) is 3.90. The normalized spacial score (nSPS) is 16.6. The average Bonchev–Trinajstić information content (AvgIpc) is 2.78. The molecule has 4 rings (SSSR count). The van der Waals surface area contributed by atoms with Crippen LogP contribution in [-0.4, -0.2) is 47.1 Å². The van der Waals surface area contributed by atoms with Gasteiger partial charge in [-0.15, -0.1) is 0 Å². The summed E-state index contributed by atoms with van der Waals surface area (Å²) in [4.78, 5) is 15.9. The van der Waals surface area contributed by atoms with Crippen LogP contribution in [0, 0.1) is 12.7 Å². The van der Waals surface area contributed by atoms with Crippen molar-refractivity contribution in [1.82, 2.24) is 19.9 Å². The lowest BCUT2D eigenvalue weighted by Crippen LogP contribution is -2.29. The number of ether oxygens (including phenoxy) is 1. The predicted octanol–water partition coefficient (Wildman–Crippen LogP) is 5.57. The highest BCUT2D eigenvalue weighted by molar-refractivity contribution is 5.88. The minimum Gasteiger partial charge on any atom is -0.481 e. The highest BCUT2D eigenvalue weighted by Gasteiger charge is 2.30. The first-order valence-electron chi connectivity index (χ1n) is 11.4. The number of fused-ring (bicyclic) bond motifs is 1. The first-order valence-corrected chi connectivity index (χ1v) is 11.4. The molecule has 1 atom stereocenters. The van der Waals surface area contributed by atoms with Crippen LogP contribution in [0.4, 0.5) is 19.0 Å². The monoisotopic (exact) mass is 473 g/mol. The first kappa shape index (κ1) is 24.2. The lowest BCUT2D eigenvalue weighted by atomic mass is 9.89. The standard InChI is InChI=1S/C25H30F3N5O/c1-14(17-7-6-8-20(21(17)26)25(3,27)28)29-22-19-13-18(16-9-11-33(4)12-10-16)24(34-5)32-23(19)31-15(2)30-22/h6-8,13-14,16H,9-12H2,1-5H3,(H,29,30,31,32)/t14-/m1/s1. The van der Waals surface area contributed by atoms with E-state index in [4.69, 9.17) is 4.74 Å². The van der Waals surface area contributed by atoms with Crippen molar-refractivity contribution in [3.63, 3.8) is 0 Å². The summed E-state index contributed by atoms with van der Waals surface area (Å²) in [5.41, 5.74) is 0.967. The molecule has 1 aliphatic heterocycles. The summed E-state index contributed by atoms with van der Waals surface area (Å²) < 4.78 is 48.3. The molecule has 0 saturated carbocycles. The van der Waals surface area contributed by atoms with E-state index in [0.717, 1.165) is 37.6 Å². The SMILES string of the molecule is COc1nc2nc(C)nc(N[C@H](C)c3cccc(C(C)(F)F)c3F)c2cc1C1CCN(C)CC1. The molecule has 0 unspecified atom stereocenters. The van der Waals surface area contributed by atoms with Gasteiger partial charge >= 0.3 is 0 Å². The van der Waals surface area contributed by atoms with Crippen LogP contribution >= 0.6 is 0 Å². The Kier molecular flexibility index (Phi) is 6.66. The molecule has 0 radical (unpaired) electrons. The third-order valence-electron chi connectivity index (χ3n) is 6.46. The molecule has 182 valence electrons. The summed E-state index contributed by atoms with van der Waals surface area (Å²) >= 11 is 0. The number of benzene rings is 1. The molecule has 1 aromatic carbocycles. The number of hydrogen-bond donors (Lipinski definition) is 1. The Morgan fingerprint density at radius 1 is 1.18 bits per heavy atom. The highest BCUT2D eigenvalue weighted by atomic mass is 19.3. The number of rotatable bonds is 6. The fraction of sp³-hybridized carbons (Fsp3) is 0.480. The Hall–Kier alpha value is -2.94. The van der Waals surface area contributed by atoms with Crippen molar-refractivity contribution in [2.75, 3.05) is 32.6 Å². The molecular weight excluding hydrogens is 443 g/mol.